The fourth-order valence-corrected chi connectivity index (χ4v) is 1.52. The Morgan fingerprint density at radius 1 is 1.29 bits per heavy atom. The molecule has 0 aromatic heterocycles. The average molecular weight is 242 g/mol. The van der Waals surface area contributed by atoms with Gasteiger partial charge in [-0.05, 0) is 45.6 Å². The zero-order chi connectivity index (χ0) is 12.9. The van der Waals surface area contributed by atoms with Crippen LogP contribution in [0.1, 0.15) is 26.7 Å². The van der Waals surface area contributed by atoms with Gasteiger partial charge in [-0.1, -0.05) is 20.4 Å². The molecule has 0 atom stereocenters. The fourth-order valence-electron chi connectivity index (χ4n) is 1.52. The molecule has 4 nitrogen and oxygen atoms in total. The van der Waals surface area contributed by atoms with Gasteiger partial charge in [0.1, 0.15) is 0 Å². The monoisotopic (exact) mass is 242 g/mol. The first-order valence-electron chi connectivity index (χ1n) is 6.46. The van der Waals surface area contributed by atoms with E-state index in [0.717, 1.165) is 45.6 Å². The molecule has 0 radical (unpaired) electrons. The van der Waals surface area contributed by atoms with E-state index in [-0.39, 0.29) is 5.97 Å². The molecule has 100 valence electrons. The Hall–Kier alpha value is -0.870. The number of rotatable bonds is 11. The van der Waals surface area contributed by atoms with Gasteiger partial charge in [0.2, 0.25) is 0 Å². The number of hydrogen-bond acceptors (Lipinski definition) is 4. The Labute approximate surface area is 105 Å². The Balaban J connectivity index is 3.18. The first kappa shape index (κ1) is 16.1. The lowest BCUT2D eigenvalue weighted by Gasteiger charge is -2.17. The van der Waals surface area contributed by atoms with E-state index in [1.807, 2.05) is 0 Å². The minimum Gasteiger partial charge on any atom is -0.462 e. The lowest BCUT2D eigenvalue weighted by Crippen LogP contribution is -2.27. The molecule has 0 rings (SSSR count). The summed E-state index contributed by atoms with van der Waals surface area (Å²) in [7, 11) is 0. The van der Waals surface area contributed by atoms with Gasteiger partial charge in [-0.2, -0.15) is 0 Å². The normalized spacial score (nSPS) is 10.5. The quantitative estimate of drug-likeness (QED) is 0.338. The largest absolute Gasteiger partial charge is 0.462 e. The molecule has 0 heterocycles. The van der Waals surface area contributed by atoms with Gasteiger partial charge in [-0.25, -0.2) is 4.79 Å². The third-order valence-electron chi connectivity index (χ3n) is 2.63. The van der Waals surface area contributed by atoms with Crippen LogP contribution in [0.5, 0.6) is 0 Å². The second-order valence-electron chi connectivity index (χ2n) is 3.86. The van der Waals surface area contributed by atoms with Crippen molar-refractivity contribution in [3.63, 3.8) is 0 Å². The van der Waals surface area contributed by atoms with Crippen molar-refractivity contribution in [3.8, 4) is 0 Å². The Morgan fingerprint density at radius 2 is 1.94 bits per heavy atom. The molecule has 0 aromatic carbocycles. The molecule has 0 bridgehead atoms. The molecule has 0 spiro atoms. The van der Waals surface area contributed by atoms with Gasteiger partial charge in [0.05, 0.1) is 6.61 Å². The second kappa shape index (κ2) is 11.6. The Morgan fingerprint density at radius 3 is 2.53 bits per heavy atom. The van der Waals surface area contributed by atoms with E-state index >= 15 is 0 Å². The highest BCUT2D eigenvalue weighted by Gasteiger charge is 1.98. The van der Waals surface area contributed by atoms with Crippen LogP contribution >= 0.6 is 0 Å². The van der Waals surface area contributed by atoms with E-state index in [1.165, 1.54) is 6.08 Å². The number of nitrogens with one attached hydrogen (secondary N) is 1. The molecule has 0 amide bonds. The molecule has 0 saturated carbocycles. The summed E-state index contributed by atoms with van der Waals surface area (Å²) in [6, 6.07) is 0. The van der Waals surface area contributed by atoms with E-state index in [0.29, 0.717) is 6.61 Å². The Kier molecular flexibility index (Phi) is 11.0. The maximum Gasteiger partial charge on any atom is 0.330 e. The van der Waals surface area contributed by atoms with Gasteiger partial charge < -0.3 is 15.0 Å². The molecule has 4 heteroatoms. The maximum absolute atomic E-state index is 10.7. The van der Waals surface area contributed by atoms with Crippen molar-refractivity contribution in [2.75, 3.05) is 39.3 Å². The average Bonchev–Trinajstić information content (AvgIpc) is 2.36. The van der Waals surface area contributed by atoms with Crippen molar-refractivity contribution in [2.24, 2.45) is 0 Å². The molecule has 0 aliphatic carbocycles. The number of esters is 1. The predicted molar refractivity (Wildman–Crippen MR) is 71.0 cm³/mol. The zero-order valence-electron chi connectivity index (χ0n) is 11.2. The van der Waals surface area contributed by atoms with E-state index in [2.05, 4.69) is 30.6 Å². The SMILES string of the molecule is C=CC(=O)OCCCNCCCN(CC)CC. The van der Waals surface area contributed by atoms with Crippen molar-refractivity contribution < 1.29 is 9.53 Å². The van der Waals surface area contributed by atoms with Gasteiger partial charge in [0.15, 0.2) is 0 Å². The molecule has 0 aromatic rings. The van der Waals surface area contributed by atoms with Gasteiger partial charge in [0.25, 0.3) is 0 Å². The minimum absolute atomic E-state index is 0.341. The summed E-state index contributed by atoms with van der Waals surface area (Å²) in [6.45, 7) is 13.5. The Bertz CT molecular complexity index is 204. The molecule has 0 unspecified atom stereocenters. The van der Waals surface area contributed by atoms with Crippen molar-refractivity contribution >= 4 is 5.97 Å². The highest BCUT2D eigenvalue weighted by Crippen LogP contribution is 1.89. The third-order valence-corrected chi connectivity index (χ3v) is 2.63. The van der Waals surface area contributed by atoms with Crippen LogP contribution in [-0.2, 0) is 9.53 Å². The van der Waals surface area contributed by atoms with Crippen LogP contribution in [0.4, 0.5) is 0 Å². The fraction of sp³-hybridized carbons (Fsp3) is 0.769. The van der Waals surface area contributed by atoms with E-state index in [9.17, 15) is 4.79 Å². The maximum atomic E-state index is 10.7. The molecule has 0 aliphatic heterocycles. The summed E-state index contributed by atoms with van der Waals surface area (Å²) in [5.41, 5.74) is 0. The molecule has 0 aliphatic rings. The van der Waals surface area contributed by atoms with E-state index < -0.39 is 0 Å². The summed E-state index contributed by atoms with van der Waals surface area (Å²) in [6.07, 6.45) is 3.20. The van der Waals surface area contributed by atoms with E-state index in [4.69, 9.17) is 4.74 Å². The standard InChI is InChI=1S/C13H26N2O2/c1-4-13(16)17-12-8-10-14-9-7-11-15(5-2)6-3/h4,14H,1,5-12H2,2-3H3. The van der Waals surface area contributed by atoms with Crippen LogP contribution in [-0.4, -0.2) is 50.2 Å². The molecule has 1 N–H and O–H groups in total. The van der Waals surface area contributed by atoms with Crippen LogP contribution in [0.15, 0.2) is 12.7 Å². The van der Waals surface area contributed by atoms with Crippen LogP contribution in [0.3, 0.4) is 0 Å². The lowest BCUT2D eigenvalue weighted by atomic mass is 10.3. The zero-order valence-corrected chi connectivity index (χ0v) is 11.2. The number of nitrogens with zero attached hydrogens (tertiary/aromatic N) is 1. The van der Waals surface area contributed by atoms with Crippen LogP contribution in [0, 0.1) is 0 Å². The summed E-state index contributed by atoms with van der Waals surface area (Å²) in [5, 5.41) is 3.34. The number of ether oxygens (including phenoxy) is 1. The van der Waals surface area contributed by atoms with Gasteiger partial charge in [-0.15, -0.1) is 0 Å². The van der Waals surface area contributed by atoms with Crippen molar-refractivity contribution in [2.45, 2.75) is 26.7 Å². The molecular weight excluding hydrogens is 216 g/mol. The molecule has 0 saturated heterocycles. The summed E-state index contributed by atoms with van der Waals surface area (Å²) in [5.74, 6) is -0.341. The second-order valence-corrected chi connectivity index (χ2v) is 3.86. The van der Waals surface area contributed by atoms with E-state index in [1.54, 1.807) is 0 Å². The highest BCUT2D eigenvalue weighted by atomic mass is 16.5. The highest BCUT2D eigenvalue weighted by molar-refractivity contribution is 5.81. The first-order chi connectivity index (χ1) is 8.24. The lowest BCUT2D eigenvalue weighted by molar-refractivity contribution is -0.137. The summed E-state index contributed by atoms with van der Waals surface area (Å²) in [4.78, 5) is 13.1. The van der Waals surface area contributed by atoms with Gasteiger partial charge in [0, 0.05) is 6.08 Å². The number of carbonyl (C=O) groups is 1. The van der Waals surface area contributed by atoms with Crippen LogP contribution in [0.2, 0.25) is 0 Å². The van der Waals surface area contributed by atoms with Crippen molar-refractivity contribution in [1.29, 1.82) is 0 Å². The van der Waals surface area contributed by atoms with Gasteiger partial charge in [-0.3, -0.25) is 0 Å². The molecular formula is C13H26N2O2. The minimum atomic E-state index is -0.341. The van der Waals surface area contributed by atoms with Gasteiger partial charge >= 0.3 is 5.97 Å². The first-order valence-corrected chi connectivity index (χ1v) is 6.46. The van der Waals surface area contributed by atoms with Crippen LogP contribution in [0.25, 0.3) is 0 Å². The summed E-state index contributed by atoms with van der Waals surface area (Å²) < 4.78 is 4.87. The number of hydrogen-bond donors (Lipinski definition) is 1. The molecule has 17 heavy (non-hydrogen) atoms. The molecule has 0 fully saturated rings. The number of carbonyl (C=O) groups excluding carboxylic acids is 1. The van der Waals surface area contributed by atoms with Crippen molar-refractivity contribution in [3.05, 3.63) is 12.7 Å². The van der Waals surface area contributed by atoms with Crippen molar-refractivity contribution in [1.82, 2.24) is 10.2 Å². The predicted octanol–water partition coefficient (Wildman–Crippen LogP) is 1.43. The summed E-state index contributed by atoms with van der Waals surface area (Å²) >= 11 is 0. The third kappa shape index (κ3) is 10.0. The topological polar surface area (TPSA) is 41.6 Å². The van der Waals surface area contributed by atoms with Crippen LogP contribution < -0.4 is 5.32 Å². The smallest absolute Gasteiger partial charge is 0.330 e.